The number of likely N-dealkylation sites (tertiary alicyclic amines) is 1. The zero-order chi connectivity index (χ0) is 36.0. The molecular formula is C37H59FN6O4. The van der Waals surface area contributed by atoms with E-state index in [1.54, 1.807) is 38.4 Å². The molecule has 1 aromatic rings. The Labute approximate surface area is 287 Å². The Morgan fingerprint density at radius 3 is 2.31 bits per heavy atom. The molecule has 268 valence electrons. The van der Waals surface area contributed by atoms with E-state index >= 15 is 4.39 Å². The third-order valence-electron chi connectivity index (χ3n) is 8.91. The first kappa shape index (κ1) is 40.3. The Morgan fingerprint density at radius 2 is 1.77 bits per heavy atom. The number of allylic oxidation sites excluding steroid dienone is 1. The average Bonchev–Trinajstić information content (AvgIpc) is 3.64. The number of hydrogen-bond acceptors (Lipinski definition) is 6. The van der Waals surface area contributed by atoms with Crippen LogP contribution in [-0.2, 0) is 9.59 Å². The van der Waals surface area contributed by atoms with Crippen LogP contribution in [0.3, 0.4) is 0 Å². The molecule has 2 saturated heterocycles. The Bertz CT molecular complexity index is 1300. The topological polar surface area (TPSA) is 107 Å². The summed E-state index contributed by atoms with van der Waals surface area (Å²) in [5.74, 6) is 0.316. The molecule has 0 aromatic heterocycles. The fourth-order valence-electron chi connectivity index (χ4n) is 6.37. The third-order valence-corrected chi connectivity index (χ3v) is 8.91. The predicted molar refractivity (Wildman–Crippen MR) is 193 cm³/mol. The molecule has 3 amide bonds. The van der Waals surface area contributed by atoms with Gasteiger partial charge in [-0.2, -0.15) is 0 Å². The second-order valence-electron chi connectivity index (χ2n) is 11.8. The number of nitrogens with one attached hydrogen (secondary N) is 2. The van der Waals surface area contributed by atoms with Crippen LogP contribution in [0.4, 0.5) is 10.1 Å². The molecule has 4 rings (SSSR count). The molecule has 0 radical (unpaired) electrons. The molecule has 48 heavy (non-hydrogen) atoms. The number of amidine groups is 1. The Hall–Kier alpha value is -3.89. The Balaban J connectivity index is 0.00000193. The third kappa shape index (κ3) is 9.60. The molecule has 0 bridgehead atoms. The molecule has 0 spiro atoms. The summed E-state index contributed by atoms with van der Waals surface area (Å²) in [5.41, 5.74) is -0.579. The van der Waals surface area contributed by atoms with Crippen LogP contribution in [0.5, 0.6) is 5.75 Å². The first-order chi connectivity index (χ1) is 23.0. The van der Waals surface area contributed by atoms with Gasteiger partial charge in [0.15, 0.2) is 0 Å². The lowest BCUT2D eigenvalue weighted by Crippen LogP contribution is -2.48. The van der Waals surface area contributed by atoms with Gasteiger partial charge >= 0.3 is 0 Å². The van der Waals surface area contributed by atoms with E-state index in [9.17, 15) is 14.4 Å². The molecule has 11 heteroatoms. The van der Waals surface area contributed by atoms with E-state index in [2.05, 4.69) is 17.2 Å². The van der Waals surface area contributed by atoms with E-state index in [1.807, 2.05) is 58.3 Å². The van der Waals surface area contributed by atoms with Gasteiger partial charge < -0.3 is 30.1 Å². The largest absolute Gasteiger partial charge is 0.495 e. The number of carbonyl (C=O) groups is 3. The number of ether oxygens (including phenoxy) is 1. The van der Waals surface area contributed by atoms with Crippen LogP contribution >= 0.6 is 0 Å². The van der Waals surface area contributed by atoms with Crippen molar-refractivity contribution >= 4 is 29.2 Å². The molecule has 3 aliphatic rings. The number of hydrogen-bond donors (Lipinski definition) is 2. The molecule has 2 aliphatic heterocycles. The number of halogens is 1. The fourth-order valence-corrected chi connectivity index (χ4v) is 6.37. The van der Waals surface area contributed by atoms with Crippen LogP contribution in [0, 0.1) is 0 Å². The van der Waals surface area contributed by atoms with Gasteiger partial charge in [-0.05, 0) is 63.8 Å². The van der Waals surface area contributed by atoms with E-state index in [1.165, 1.54) is 4.90 Å². The van der Waals surface area contributed by atoms with Crippen LogP contribution in [0.15, 0.2) is 47.6 Å². The maximum Gasteiger partial charge on any atom is 0.270 e. The van der Waals surface area contributed by atoms with Crippen molar-refractivity contribution in [2.75, 3.05) is 39.1 Å². The molecule has 10 nitrogen and oxygen atoms in total. The molecule has 3 fully saturated rings. The van der Waals surface area contributed by atoms with Crippen molar-refractivity contribution in [2.24, 2.45) is 4.99 Å². The number of carbonyl (C=O) groups excluding carboxylic acids is 3. The van der Waals surface area contributed by atoms with Crippen molar-refractivity contribution in [1.29, 1.82) is 0 Å². The fraction of sp³-hybridized carbons (Fsp3) is 0.622. The number of piperidine rings is 1. The molecule has 1 aliphatic carbocycles. The monoisotopic (exact) mass is 670 g/mol. The van der Waals surface area contributed by atoms with Crippen LogP contribution in [0.1, 0.15) is 104 Å². The minimum Gasteiger partial charge on any atom is -0.495 e. The van der Waals surface area contributed by atoms with E-state index < -0.39 is 17.7 Å². The van der Waals surface area contributed by atoms with Crippen LogP contribution in [0.2, 0.25) is 0 Å². The minimum atomic E-state index is -2.23. The summed E-state index contributed by atoms with van der Waals surface area (Å²) < 4.78 is 21.6. The molecular weight excluding hydrogens is 611 g/mol. The number of alkyl halides is 1. The van der Waals surface area contributed by atoms with Gasteiger partial charge in [0.05, 0.1) is 25.0 Å². The lowest BCUT2D eigenvalue weighted by molar-refractivity contribution is -0.137. The smallest absolute Gasteiger partial charge is 0.270 e. The summed E-state index contributed by atoms with van der Waals surface area (Å²) in [4.78, 5) is 48.3. The van der Waals surface area contributed by atoms with Gasteiger partial charge in [-0.1, -0.05) is 60.1 Å². The molecule has 2 heterocycles. The number of anilines is 1. The van der Waals surface area contributed by atoms with Gasteiger partial charge in [0.25, 0.3) is 11.8 Å². The quantitative estimate of drug-likeness (QED) is 0.289. The molecule has 1 saturated carbocycles. The van der Waals surface area contributed by atoms with Crippen molar-refractivity contribution in [2.45, 2.75) is 117 Å². The lowest BCUT2D eigenvalue weighted by atomic mass is 10.0. The summed E-state index contributed by atoms with van der Waals surface area (Å²) >= 11 is 0. The summed E-state index contributed by atoms with van der Waals surface area (Å²) in [5, 5.41) is 6.45. The zero-order valence-electron chi connectivity index (χ0n) is 30.7. The Kier molecular flexibility index (Phi) is 16.1. The number of aliphatic imine (C=N–C) groups is 1. The normalized spacial score (nSPS) is 22.6. The average molecular weight is 671 g/mol. The number of benzene rings is 1. The summed E-state index contributed by atoms with van der Waals surface area (Å²) in [7, 11) is 3.11. The molecule has 1 unspecified atom stereocenters. The van der Waals surface area contributed by atoms with Crippen molar-refractivity contribution < 1.29 is 23.5 Å². The van der Waals surface area contributed by atoms with Crippen LogP contribution in [0.25, 0.3) is 0 Å². The van der Waals surface area contributed by atoms with Gasteiger partial charge in [-0.3, -0.25) is 14.4 Å². The van der Waals surface area contributed by atoms with Crippen molar-refractivity contribution in [3.05, 3.63) is 48.2 Å². The van der Waals surface area contributed by atoms with Gasteiger partial charge in [-0.25, -0.2) is 9.38 Å². The minimum absolute atomic E-state index is 0.000383. The summed E-state index contributed by atoms with van der Waals surface area (Å²) in [6, 6.07) is 5.27. The van der Waals surface area contributed by atoms with Crippen molar-refractivity contribution in [1.82, 2.24) is 20.0 Å². The maximum absolute atomic E-state index is 16.0. The highest BCUT2D eigenvalue weighted by atomic mass is 19.1. The van der Waals surface area contributed by atoms with Crippen LogP contribution < -0.4 is 15.4 Å². The molecule has 2 atom stereocenters. The first-order valence-electron chi connectivity index (χ1n) is 17.7. The van der Waals surface area contributed by atoms with E-state index in [0.29, 0.717) is 48.0 Å². The van der Waals surface area contributed by atoms with Gasteiger partial charge in [0, 0.05) is 44.2 Å². The van der Waals surface area contributed by atoms with Gasteiger partial charge in [0.2, 0.25) is 11.6 Å². The molecule has 2 N–H and O–H groups in total. The van der Waals surface area contributed by atoms with E-state index in [-0.39, 0.29) is 30.4 Å². The van der Waals surface area contributed by atoms with Gasteiger partial charge in [0.1, 0.15) is 17.8 Å². The number of amides is 3. The highest BCUT2D eigenvalue weighted by Crippen LogP contribution is 2.33. The SMILES string of the molecule is C=C[C@@]1(F)CN(C2CCCC2)C(=N/C(C)Nc2ccc(C(=O)NC3CCN(C(=O)CC)CC3)cc2OC)/C(=C\C)N(C)C1=O.CC.CC. The van der Waals surface area contributed by atoms with Crippen molar-refractivity contribution in [3.63, 3.8) is 0 Å². The van der Waals surface area contributed by atoms with E-state index in [0.717, 1.165) is 44.6 Å². The number of likely N-dealkylation sites (N-methyl/N-ethyl adjacent to an activating group) is 1. The maximum atomic E-state index is 16.0. The highest BCUT2D eigenvalue weighted by molar-refractivity contribution is 6.05. The number of nitrogens with zero attached hydrogens (tertiary/aromatic N) is 4. The number of rotatable bonds is 9. The zero-order valence-corrected chi connectivity index (χ0v) is 30.7. The Morgan fingerprint density at radius 1 is 1.15 bits per heavy atom. The van der Waals surface area contributed by atoms with E-state index in [4.69, 9.17) is 9.73 Å². The number of methoxy groups -OCH3 is 1. The highest BCUT2D eigenvalue weighted by Gasteiger charge is 2.47. The van der Waals surface area contributed by atoms with Crippen molar-refractivity contribution in [3.8, 4) is 5.75 Å². The molecule has 1 aromatic carbocycles. The second-order valence-corrected chi connectivity index (χ2v) is 11.8. The van der Waals surface area contributed by atoms with Gasteiger partial charge in [-0.15, -0.1) is 0 Å². The second kappa shape index (κ2) is 19.2. The summed E-state index contributed by atoms with van der Waals surface area (Å²) in [6.07, 6.45) is 8.22. The lowest BCUT2D eigenvalue weighted by Gasteiger charge is -2.34. The summed E-state index contributed by atoms with van der Waals surface area (Å²) in [6.45, 7) is 18.3. The predicted octanol–water partition coefficient (Wildman–Crippen LogP) is 6.55. The first-order valence-corrected chi connectivity index (χ1v) is 17.7. The standard InChI is InChI=1S/C33H47FN6O4.2C2H6/c1-7-27-30(40(25-12-10-11-13-25)21-33(34,9-3)32(43)38(27)5)36-22(4)35-26-15-14-23(20-28(26)44-6)31(42)37-24-16-18-39(19-17-24)29(41)8-2;2*1-2/h7,9,14-15,20,22,24-25,35H,3,8,10-13,16-19,21H2,1-2,4-6H3,(H,37,42);2*1-2H3/b27-7+,36-30+;;/t22?,33-;;/m1../s1. The van der Waals surface area contributed by atoms with Crippen LogP contribution in [-0.4, -0.2) is 96.0 Å².